The second kappa shape index (κ2) is 43.1. The molecule has 26 N–H and O–H groups in total. The number of likely N-dealkylation sites (N-methyl/N-ethyl adjacent to an activating group) is 1. The van der Waals surface area contributed by atoms with Crippen molar-refractivity contribution < 1.29 is 160 Å². The van der Waals surface area contributed by atoms with E-state index in [1.807, 2.05) is 36.4 Å². The molecule has 0 spiro atoms. The zero-order valence-electron chi connectivity index (χ0n) is 74.7. The van der Waals surface area contributed by atoms with Crippen LogP contribution in [0, 0.1) is 5.92 Å². The van der Waals surface area contributed by atoms with Crippen LogP contribution in [0.25, 0.3) is 22.3 Å². The predicted molar refractivity (Wildman–Crippen MR) is 490 cm³/mol. The maximum absolute atomic E-state index is 16.8. The van der Waals surface area contributed by atoms with Crippen LogP contribution in [0.5, 0.6) is 46.0 Å². The predicted octanol–water partition coefficient (Wildman–Crippen LogP) is 3.36. The van der Waals surface area contributed by atoms with Gasteiger partial charge in [0.2, 0.25) is 58.9 Å². The van der Waals surface area contributed by atoms with Crippen LogP contribution in [0.4, 0.5) is 0 Å². The summed E-state index contributed by atoms with van der Waals surface area (Å²) in [4.78, 5) is 177. The lowest BCUT2D eigenvalue weighted by Crippen LogP contribution is -2.65. The molecule has 3 fully saturated rings. The van der Waals surface area contributed by atoms with Gasteiger partial charge in [-0.2, -0.15) is 0 Å². The Bertz CT molecular complexity index is 5910. The largest absolute Gasteiger partial charge is 0.508 e. The van der Waals surface area contributed by atoms with E-state index in [2.05, 4.69) is 42.5 Å². The van der Waals surface area contributed by atoms with Crippen molar-refractivity contribution in [2.75, 3.05) is 20.3 Å². The Morgan fingerprint density at radius 2 is 1.23 bits per heavy atom. The van der Waals surface area contributed by atoms with E-state index in [0.717, 1.165) is 71.3 Å². The number of phenols is 3. The number of aromatic hydroxyl groups is 3. The second-order valence-corrected chi connectivity index (χ2v) is 40.7. The molecule has 0 unspecified atom stereocenters. The van der Waals surface area contributed by atoms with Gasteiger partial charge in [-0.1, -0.05) is 109 Å². The van der Waals surface area contributed by atoms with Gasteiger partial charge in [-0.15, -0.1) is 0 Å². The quantitative estimate of drug-likeness (QED) is 0.0305. The summed E-state index contributed by atoms with van der Waals surface area (Å²) < 4.78 is 82.8. The number of esters is 1. The zero-order chi connectivity index (χ0) is 101. The molecule has 22 atom stereocenters. The monoisotopic (exact) mass is 2060 g/mol. The third-order valence-corrected chi connectivity index (χ3v) is 28.7. The molecule has 3 saturated heterocycles. The Morgan fingerprint density at radius 1 is 0.633 bits per heavy atom. The number of fused-ring (bicyclic) bond motifs is 15. The van der Waals surface area contributed by atoms with Crippen LogP contribution in [0.3, 0.4) is 0 Å². The fourth-order valence-electron chi connectivity index (χ4n) is 17.0. The molecule has 0 aromatic heterocycles. The van der Waals surface area contributed by atoms with Crippen molar-refractivity contribution in [3.63, 3.8) is 0 Å². The summed E-state index contributed by atoms with van der Waals surface area (Å²) in [5.74, 6) is -20.1. The van der Waals surface area contributed by atoms with E-state index in [9.17, 15) is 89.0 Å². The SMILES string of the molecule is CN[C@H](CC(C)C)C(=O)N[C@H]1C(=O)N[C@@H](CC(N)=O)C(=O)N[C@H]2C(=O)N[C@H]3C(=O)N[C@H](C(=O)N[C@H](C(=O)OCC(=O)NC(P(=O)(O)O)P(=O)(O)O)c4cc(O)cc(O)c4-c4cc3ccc4O)[C@H](O[C@H]3C[C@](C)(N)[C@@H](O)[C@H](C)O3)c3cc(Cl)c(c(Cl)c3)Oc3cc2cc(c3O[C@H]2O[C@@H](CO)[C@@H](O)[C@H](O)[C@H]2O[C@@H]2C[C@@](C)(NCc3ccc(-c4ccc(Cl)cc4)cc3)[C@@H](O)[C@@H](C)O2)Oc2ccc(cc2Cl)[C@H]1O. The van der Waals surface area contributed by atoms with Crippen LogP contribution in [0.2, 0.25) is 20.1 Å². The molecule has 8 amide bonds. The maximum atomic E-state index is 16.8. The topological polar surface area (TPSA) is 694 Å². The number of rotatable bonds is 24. The molecular formula is C89H103Cl4N11O33P2. The Kier molecular flexibility index (Phi) is 32.8. The standard InChI is InChI=1S/C89H103Cl4N11O33P2/c1-35(2)20-52(96-7)79(116)103-68-70(111)42-15-19-56(49(91)22-42)132-57-25-43-26-58(75(57)137-86-76(72(113)71(112)59(33-105)134-86)136-63-31-89(6,78(115)37(4)131-63)97-32-38-8-10-39(11-9-38)40-12-16-45(90)17-13-40)133-74-50(92)23-44(24-51(74)93)73(135-62-30-88(5,95)77(114)36(3)130-62)69-84(121)102-67(85(122)129-34-61(110)99-87(138(123,124)125)139(126,127)128)48-27-46(106)28-55(108)64(48)47-21-41(14-18-54(47)107)65(81(118)104-69)101-82(119)66(43)100-80(117)53(29-60(94)109)98-83(68)120/h8-19,21-28,35-37,52-53,59,62-63,65-73,76-78,86-87,96-97,105-108,111-115H,20,29-34,95H2,1-7H3,(H2,94,109)(H,98,120)(H,99,110)(H,100,117)(H,101,119)(H,102,121)(H,103,116)(H,104,118)(H2,123,124,125)(H2,126,127,128)/t36-,37+,52+,53-,59-,62-,63+,65+,66+,67-,68+,69-,70+,71+,72-,73+,76+,77-,78-,86+,88-,89+/m0/s1. The van der Waals surface area contributed by atoms with E-state index in [1.54, 1.807) is 32.9 Å². The highest BCUT2D eigenvalue weighted by atomic mass is 35.5. The number of nitrogens with two attached hydrogens (primary N) is 2. The molecule has 7 aromatic carbocycles. The molecule has 11 bridgehead atoms. The van der Waals surface area contributed by atoms with Crippen molar-refractivity contribution in [3.05, 3.63) is 175 Å². The van der Waals surface area contributed by atoms with E-state index >= 15 is 28.8 Å². The number of aliphatic hydroxyl groups excluding tert-OH is 6. The van der Waals surface area contributed by atoms with Gasteiger partial charge >= 0.3 is 21.2 Å². The van der Waals surface area contributed by atoms with Gasteiger partial charge in [0.05, 0.1) is 58.6 Å². The molecular weight excluding hydrogens is 1950 g/mol. The zero-order valence-corrected chi connectivity index (χ0v) is 79.6. The van der Waals surface area contributed by atoms with Crippen molar-refractivity contribution in [3.8, 4) is 68.2 Å². The van der Waals surface area contributed by atoms with Gasteiger partial charge in [0, 0.05) is 58.2 Å². The highest BCUT2D eigenvalue weighted by Gasteiger charge is 2.54. The first-order valence-electron chi connectivity index (χ1n) is 43.2. The van der Waals surface area contributed by atoms with Crippen LogP contribution in [0.1, 0.15) is 131 Å². The number of carbonyl (C=O) groups excluding carboxylic acids is 9. The Hall–Kier alpha value is -10.5. The van der Waals surface area contributed by atoms with Crippen molar-refractivity contribution in [2.45, 2.75) is 213 Å². The molecule has 7 aromatic rings. The van der Waals surface area contributed by atoms with Gasteiger partial charge in [0.25, 0.3) is 5.91 Å². The average Bonchev–Trinajstić information content (AvgIpc) is 0.760. The van der Waals surface area contributed by atoms with Crippen LogP contribution in [0.15, 0.2) is 121 Å². The van der Waals surface area contributed by atoms with Gasteiger partial charge in [0.1, 0.15) is 83.7 Å². The summed E-state index contributed by atoms with van der Waals surface area (Å²) in [6, 6.07) is 10.5. The summed E-state index contributed by atoms with van der Waals surface area (Å²) in [5, 5.41) is 128. The fourth-order valence-corrected chi connectivity index (χ4v) is 20.1. The minimum atomic E-state index is -5.95. The van der Waals surface area contributed by atoms with E-state index in [0.29, 0.717) is 17.2 Å². The second-order valence-electron chi connectivity index (χ2n) is 35.2. The molecule has 8 heterocycles. The average molecular weight is 2060 g/mol. The molecule has 0 radical (unpaired) electrons. The number of primary amides is 1. The number of hydrogen-bond acceptors (Lipinski definition) is 32. The van der Waals surface area contributed by atoms with Gasteiger partial charge in [-0.25, -0.2) is 4.79 Å². The Labute approximate surface area is 811 Å². The van der Waals surface area contributed by atoms with E-state index < -0.39 is 328 Å². The molecule has 8 aliphatic rings. The maximum Gasteiger partial charge on any atom is 0.360 e. The van der Waals surface area contributed by atoms with E-state index in [4.69, 9.17) is 101 Å². The molecule has 50 heteroatoms. The summed E-state index contributed by atoms with van der Waals surface area (Å²) in [6.07, 6.45) is -24.8. The first-order valence-corrected chi connectivity index (χ1v) is 48.1. The van der Waals surface area contributed by atoms with Gasteiger partial charge < -0.3 is 167 Å². The number of halogens is 4. The summed E-state index contributed by atoms with van der Waals surface area (Å²) in [6.45, 7) is 6.91. The van der Waals surface area contributed by atoms with Crippen molar-refractivity contribution >= 4 is 115 Å². The number of ether oxygens (including phenoxy) is 9. The van der Waals surface area contributed by atoms with Gasteiger partial charge in [-0.05, 0) is 153 Å². The van der Waals surface area contributed by atoms with Crippen LogP contribution in [-0.4, -0.2) is 247 Å². The molecule has 44 nitrogen and oxygen atoms in total. The number of benzene rings is 7. The molecule has 0 saturated carbocycles. The highest BCUT2D eigenvalue weighted by Crippen LogP contribution is 2.59. The summed E-state index contributed by atoms with van der Waals surface area (Å²) in [7, 11) is -10.5. The van der Waals surface area contributed by atoms with Crippen molar-refractivity contribution in [1.29, 1.82) is 0 Å². The number of amides is 8. The number of nitrogens with one attached hydrogen (secondary N) is 9. The fraction of sp³-hybridized carbons (Fsp3) is 0.427. The molecule has 0 aliphatic carbocycles. The lowest BCUT2D eigenvalue weighted by molar-refractivity contribution is -0.334. The molecule has 15 rings (SSSR count). The third kappa shape index (κ3) is 24.1. The van der Waals surface area contributed by atoms with E-state index in [-0.39, 0.29) is 30.9 Å². The number of aliphatic hydroxyl groups is 6. The normalized spacial score (nSPS) is 28.2. The summed E-state index contributed by atoms with van der Waals surface area (Å²) >= 11 is 28.4. The van der Waals surface area contributed by atoms with Crippen LogP contribution >= 0.6 is 61.6 Å². The lowest BCUT2D eigenvalue weighted by atomic mass is 9.84. The number of carbonyl (C=O) groups is 9. The third-order valence-electron chi connectivity index (χ3n) is 24.2. The first kappa shape index (κ1) is 106. The number of phenolic OH excluding ortho intramolecular Hbond substituents is 3. The van der Waals surface area contributed by atoms with Crippen molar-refractivity contribution in [2.24, 2.45) is 17.4 Å². The summed E-state index contributed by atoms with van der Waals surface area (Å²) in [5.41, 5.74) is 4.85. The van der Waals surface area contributed by atoms with Gasteiger partial charge in [-0.3, -0.25) is 47.5 Å². The van der Waals surface area contributed by atoms with E-state index in [1.165, 1.54) is 39.2 Å². The Morgan fingerprint density at radius 3 is 1.84 bits per heavy atom. The molecule has 8 aliphatic heterocycles. The lowest BCUT2D eigenvalue weighted by Gasteiger charge is -2.48. The minimum absolute atomic E-state index is 0.146. The minimum Gasteiger partial charge on any atom is -0.508 e. The van der Waals surface area contributed by atoms with Crippen LogP contribution in [-0.2, 0) is 87.2 Å². The van der Waals surface area contributed by atoms with Crippen molar-refractivity contribution in [1.82, 2.24) is 47.9 Å². The highest BCUT2D eigenvalue weighted by molar-refractivity contribution is 7.70. The number of hydrogen-bond donors (Lipinski definition) is 24. The van der Waals surface area contributed by atoms with Gasteiger partial charge in [0.15, 0.2) is 48.6 Å². The molecule has 750 valence electrons. The smallest absolute Gasteiger partial charge is 0.360 e. The Balaban J connectivity index is 1.03. The first-order chi connectivity index (χ1) is 65.3. The van der Waals surface area contributed by atoms with Crippen LogP contribution < -0.4 is 73.5 Å². The molecule has 139 heavy (non-hydrogen) atoms.